The van der Waals surface area contributed by atoms with Crippen LogP contribution in [0, 0.1) is 0 Å². The maximum atomic E-state index is 12.0. The van der Waals surface area contributed by atoms with Crippen molar-refractivity contribution in [2.45, 2.75) is 46.0 Å². The van der Waals surface area contributed by atoms with Crippen molar-refractivity contribution in [2.75, 3.05) is 46.1 Å². The molecule has 4 amide bonds. The number of para-hydroxylation sites is 1. The zero-order valence-corrected chi connectivity index (χ0v) is 24.7. The Hall–Kier alpha value is -4.36. The molecule has 2 rings (SSSR count). The number of imide groups is 1. The molecule has 0 radical (unpaired) electrons. The Labute approximate surface area is 251 Å². The molecule has 1 aromatic rings. The summed E-state index contributed by atoms with van der Waals surface area (Å²) >= 11 is 0. The lowest BCUT2D eigenvalue weighted by Crippen LogP contribution is -2.34. The van der Waals surface area contributed by atoms with E-state index in [0.29, 0.717) is 52.2 Å². The minimum atomic E-state index is -1.42. The Morgan fingerprint density at radius 2 is 1.44 bits per heavy atom. The molecule has 43 heavy (non-hydrogen) atoms. The van der Waals surface area contributed by atoms with Crippen molar-refractivity contribution in [1.29, 1.82) is 0 Å². The van der Waals surface area contributed by atoms with Crippen LogP contribution in [0.3, 0.4) is 0 Å². The summed E-state index contributed by atoms with van der Waals surface area (Å²) in [6.07, 6.45) is 4.83. The second-order valence-electron chi connectivity index (χ2n) is 8.78. The molecule has 0 aromatic heterocycles. The zero-order chi connectivity index (χ0) is 31.9. The highest BCUT2D eigenvalue weighted by atomic mass is 16.5. The lowest BCUT2D eigenvalue weighted by Gasteiger charge is -2.13. The SMILES string of the molecule is CC.O=C(/C=C(/CC(=O)Oc1ccccc1)C(=O)O)NCCNC(=O)CCCOCCOCCCCN1C(=O)C=CC1=O. The van der Waals surface area contributed by atoms with Gasteiger partial charge in [-0.15, -0.1) is 0 Å². The summed E-state index contributed by atoms with van der Waals surface area (Å²) in [6.45, 7) is 6.20. The van der Waals surface area contributed by atoms with E-state index >= 15 is 0 Å². The molecule has 0 atom stereocenters. The summed E-state index contributed by atoms with van der Waals surface area (Å²) in [5, 5.41) is 14.4. The van der Waals surface area contributed by atoms with E-state index in [4.69, 9.17) is 14.2 Å². The van der Waals surface area contributed by atoms with E-state index in [1.54, 1.807) is 30.3 Å². The van der Waals surface area contributed by atoms with Crippen molar-refractivity contribution < 1.29 is 48.1 Å². The van der Waals surface area contributed by atoms with Crippen LogP contribution in [0.5, 0.6) is 5.75 Å². The number of nitrogens with zero attached hydrogens (tertiary/aromatic N) is 1. The van der Waals surface area contributed by atoms with Crippen LogP contribution in [-0.4, -0.2) is 91.6 Å². The number of ether oxygens (including phenoxy) is 3. The Morgan fingerprint density at radius 1 is 0.837 bits per heavy atom. The van der Waals surface area contributed by atoms with E-state index in [2.05, 4.69) is 10.6 Å². The van der Waals surface area contributed by atoms with Crippen molar-refractivity contribution in [3.63, 3.8) is 0 Å². The number of carbonyl (C=O) groups excluding carboxylic acids is 5. The number of nitrogens with one attached hydrogen (secondary N) is 2. The molecule has 0 spiro atoms. The minimum absolute atomic E-state index is 0.0673. The van der Waals surface area contributed by atoms with Crippen LogP contribution in [-0.2, 0) is 38.2 Å². The smallest absolute Gasteiger partial charge is 0.332 e. The topological polar surface area (TPSA) is 178 Å². The molecule has 0 unspecified atom stereocenters. The summed E-state index contributed by atoms with van der Waals surface area (Å²) in [7, 11) is 0. The normalized spacial score (nSPS) is 12.4. The van der Waals surface area contributed by atoms with E-state index in [9.17, 15) is 33.9 Å². The van der Waals surface area contributed by atoms with Crippen molar-refractivity contribution in [1.82, 2.24) is 15.5 Å². The van der Waals surface area contributed by atoms with Crippen LogP contribution < -0.4 is 15.4 Å². The lowest BCUT2D eigenvalue weighted by molar-refractivity contribution is -0.138. The van der Waals surface area contributed by atoms with E-state index in [1.165, 1.54) is 17.1 Å². The second kappa shape index (κ2) is 22.3. The Balaban J connectivity index is 0.00000452. The second-order valence-corrected chi connectivity index (χ2v) is 8.78. The standard InChI is InChI=1S/C28H35N3O10.C2H6/c32-23(9-6-16-40-18-17-39-15-5-4-14-31-25(34)10-11-26(31)35)29-12-13-30-24(33)19-21(28(37)38)20-27(36)41-22-7-2-1-3-8-22;1-2/h1-3,7-8,10-11,19H,4-6,9,12-18,20H2,(H,29,32)(H,30,33)(H,37,38);1-2H3/b21-19-;. The summed E-state index contributed by atoms with van der Waals surface area (Å²) < 4.78 is 15.9. The summed E-state index contributed by atoms with van der Waals surface area (Å²) in [6, 6.07) is 8.14. The zero-order valence-electron chi connectivity index (χ0n) is 24.7. The molecular weight excluding hydrogens is 562 g/mol. The quantitative estimate of drug-likeness (QED) is 0.0654. The van der Waals surface area contributed by atoms with Crippen molar-refractivity contribution in [3.8, 4) is 5.75 Å². The maximum Gasteiger partial charge on any atom is 0.332 e. The number of amides is 4. The van der Waals surface area contributed by atoms with Crippen molar-refractivity contribution >= 4 is 35.6 Å². The molecule has 0 saturated carbocycles. The van der Waals surface area contributed by atoms with Gasteiger partial charge < -0.3 is 30.0 Å². The number of hydrogen-bond donors (Lipinski definition) is 3. The summed E-state index contributed by atoms with van der Waals surface area (Å²) in [5.74, 6) is -3.49. The average molecular weight is 604 g/mol. The van der Waals surface area contributed by atoms with E-state index < -0.39 is 29.8 Å². The molecule has 1 heterocycles. The van der Waals surface area contributed by atoms with Gasteiger partial charge in [-0.1, -0.05) is 32.0 Å². The van der Waals surface area contributed by atoms with Gasteiger partial charge in [0.05, 0.1) is 25.2 Å². The third-order valence-electron chi connectivity index (χ3n) is 5.52. The number of esters is 1. The number of rotatable bonds is 20. The molecule has 0 saturated heterocycles. The Bertz CT molecular complexity index is 1100. The summed E-state index contributed by atoms with van der Waals surface area (Å²) in [4.78, 5) is 71.3. The van der Waals surface area contributed by atoms with Crippen LogP contribution in [0.15, 0.2) is 54.1 Å². The van der Waals surface area contributed by atoms with Crippen LogP contribution in [0.25, 0.3) is 0 Å². The third-order valence-corrected chi connectivity index (χ3v) is 5.52. The number of aliphatic carboxylic acids is 1. The molecule has 13 nitrogen and oxygen atoms in total. The van der Waals surface area contributed by atoms with Gasteiger partial charge in [-0.25, -0.2) is 4.79 Å². The summed E-state index contributed by atoms with van der Waals surface area (Å²) in [5.41, 5.74) is -0.427. The first-order chi connectivity index (χ1) is 20.8. The van der Waals surface area contributed by atoms with Crippen LogP contribution >= 0.6 is 0 Å². The van der Waals surface area contributed by atoms with Gasteiger partial charge >= 0.3 is 11.9 Å². The fraction of sp³-hybridized carbons (Fsp3) is 0.467. The molecule has 0 fully saturated rings. The molecule has 1 aliphatic heterocycles. The fourth-order valence-corrected chi connectivity index (χ4v) is 3.47. The molecule has 3 N–H and O–H groups in total. The van der Waals surface area contributed by atoms with Crippen LogP contribution in [0.2, 0.25) is 0 Å². The molecule has 236 valence electrons. The third kappa shape index (κ3) is 16.6. The molecular formula is C30H41N3O10. The average Bonchev–Trinajstić information content (AvgIpc) is 3.31. The molecule has 1 aromatic carbocycles. The van der Waals surface area contributed by atoms with Gasteiger partial charge in [0.25, 0.3) is 11.8 Å². The molecule has 0 aliphatic carbocycles. The van der Waals surface area contributed by atoms with E-state index in [1.807, 2.05) is 13.8 Å². The number of benzene rings is 1. The predicted octanol–water partition coefficient (Wildman–Crippen LogP) is 1.77. The van der Waals surface area contributed by atoms with E-state index in [-0.39, 0.29) is 43.0 Å². The molecule has 1 aliphatic rings. The number of unbranched alkanes of at least 4 members (excludes halogenated alkanes) is 1. The predicted molar refractivity (Wildman–Crippen MR) is 156 cm³/mol. The van der Waals surface area contributed by atoms with Crippen LogP contribution in [0.1, 0.15) is 46.0 Å². The van der Waals surface area contributed by atoms with Gasteiger partial charge in [0.1, 0.15) is 5.75 Å². The Morgan fingerprint density at radius 3 is 2.07 bits per heavy atom. The number of carboxylic acids is 1. The molecule has 0 bridgehead atoms. The van der Waals surface area contributed by atoms with Gasteiger partial charge in [-0.3, -0.25) is 28.9 Å². The number of carbonyl (C=O) groups is 6. The highest BCUT2D eigenvalue weighted by Crippen LogP contribution is 2.11. The van der Waals surface area contributed by atoms with Crippen LogP contribution in [0.4, 0.5) is 0 Å². The fourth-order valence-electron chi connectivity index (χ4n) is 3.47. The first-order valence-electron chi connectivity index (χ1n) is 14.2. The van der Waals surface area contributed by atoms with Crippen molar-refractivity contribution in [3.05, 3.63) is 54.1 Å². The number of hydrogen-bond acceptors (Lipinski definition) is 9. The highest BCUT2D eigenvalue weighted by molar-refractivity contribution is 6.12. The number of carboxylic acid groups (broad SMARTS) is 1. The minimum Gasteiger partial charge on any atom is -0.478 e. The monoisotopic (exact) mass is 603 g/mol. The van der Waals surface area contributed by atoms with Gasteiger partial charge in [0.15, 0.2) is 0 Å². The van der Waals surface area contributed by atoms with E-state index in [0.717, 1.165) is 6.08 Å². The highest BCUT2D eigenvalue weighted by Gasteiger charge is 2.22. The first kappa shape index (κ1) is 36.7. The van der Waals surface area contributed by atoms with Gasteiger partial charge in [-0.05, 0) is 31.4 Å². The molecule has 13 heteroatoms. The Kier molecular flexibility index (Phi) is 19.0. The largest absolute Gasteiger partial charge is 0.478 e. The van der Waals surface area contributed by atoms with Gasteiger partial charge in [0, 0.05) is 57.5 Å². The van der Waals surface area contributed by atoms with Crippen molar-refractivity contribution in [2.24, 2.45) is 0 Å². The maximum absolute atomic E-state index is 12.0. The van der Waals surface area contributed by atoms with Gasteiger partial charge in [0.2, 0.25) is 11.8 Å². The first-order valence-corrected chi connectivity index (χ1v) is 14.2. The van der Waals surface area contributed by atoms with Gasteiger partial charge in [-0.2, -0.15) is 0 Å². The lowest BCUT2D eigenvalue weighted by atomic mass is 10.1.